The molecule has 0 radical (unpaired) electrons. The van der Waals surface area contributed by atoms with E-state index >= 15 is 0 Å². The van der Waals surface area contributed by atoms with E-state index in [0.29, 0.717) is 22.6 Å². The summed E-state index contributed by atoms with van der Waals surface area (Å²) in [5.41, 5.74) is -0.00560. The smallest absolute Gasteiger partial charge is 0.312 e. The van der Waals surface area contributed by atoms with E-state index in [0.717, 1.165) is 12.1 Å². The van der Waals surface area contributed by atoms with E-state index in [1.54, 1.807) is 18.2 Å². The second kappa shape index (κ2) is 9.22. The molecule has 1 aliphatic rings. The van der Waals surface area contributed by atoms with Gasteiger partial charge in [-0.15, -0.1) is 0 Å². The summed E-state index contributed by atoms with van der Waals surface area (Å²) in [5, 5.41) is 40.6. The van der Waals surface area contributed by atoms with Crippen LogP contribution < -0.4 is 19.6 Å². The van der Waals surface area contributed by atoms with Crippen LogP contribution in [0.4, 0.5) is 0 Å². The summed E-state index contributed by atoms with van der Waals surface area (Å²) in [6, 6.07) is 9.93. The second-order valence-electron chi connectivity index (χ2n) is 9.13. The number of carbonyl (C=O) groups excluding carboxylic acids is 1. The predicted octanol–water partition coefficient (Wildman–Crippen LogP) is 4.52. The van der Waals surface area contributed by atoms with Gasteiger partial charge in [0, 0.05) is 23.1 Å². The van der Waals surface area contributed by atoms with E-state index < -0.39 is 40.3 Å². The Hall–Kier alpha value is -4.86. The van der Waals surface area contributed by atoms with Crippen LogP contribution in [0.1, 0.15) is 37.3 Å². The summed E-state index contributed by atoms with van der Waals surface area (Å²) < 4.78 is 22.7. The Labute approximate surface area is 215 Å². The van der Waals surface area contributed by atoms with Crippen LogP contribution in [0.3, 0.4) is 0 Å². The molecular formula is C28H24O10. The van der Waals surface area contributed by atoms with Crippen molar-refractivity contribution >= 4 is 16.9 Å². The molecule has 0 unspecified atom stereocenters. The predicted molar refractivity (Wildman–Crippen MR) is 135 cm³/mol. The average Bonchev–Trinajstić information content (AvgIpc) is 2.86. The number of fused-ring (bicyclic) bond motifs is 3. The first kappa shape index (κ1) is 24.8. The van der Waals surface area contributed by atoms with Gasteiger partial charge >= 0.3 is 5.97 Å². The van der Waals surface area contributed by atoms with Gasteiger partial charge in [-0.05, 0) is 49.7 Å². The van der Waals surface area contributed by atoms with Crippen molar-refractivity contribution in [2.45, 2.75) is 32.3 Å². The van der Waals surface area contributed by atoms with E-state index in [1.807, 2.05) is 13.8 Å². The van der Waals surface area contributed by atoms with Crippen molar-refractivity contribution in [1.29, 1.82) is 0 Å². The molecule has 0 saturated heterocycles. The molecule has 0 spiro atoms. The van der Waals surface area contributed by atoms with Crippen LogP contribution in [0.25, 0.3) is 22.3 Å². The van der Waals surface area contributed by atoms with Crippen LogP contribution >= 0.6 is 0 Å². The van der Waals surface area contributed by atoms with Crippen molar-refractivity contribution in [3.8, 4) is 51.6 Å². The highest BCUT2D eigenvalue weighted by Crippen LogP contribution is 2.48. The number of rotatable bonds is 5. The maximum Gasteiger partial charge on any atom is 0.312 e. The molecule has 4 aromatic rings. The van der Waals surface area contributed by atoms with Gasteiger partial charge < -0.3 is 39.1 Å². The van der Waals surface area contributed by atoms with Crippen LogP contribution in [0.5, 0.6) is 40.2 Å². The molecule has 1 atom stereocenters. The van der Waals surface area contributed by atoms with Crippen LogP contribution in [-0.2, 0) is 4.79 Å². The number of phenols is 3. The fourth-order valence-electron chi connectivity index (χ4n) is 4.58. The van der Waals surface area contributed by atoms with E-state index in [2.05, 4.69) is 0 Å². The Morgan fingerprint density at radius 1 is 0.921 bits per heavy atom. The van der Waals surface area contributed by atoms with Crippen molar-refractivity contribution < 1.29 is 43.8 Å². The molecule has 4 N–H and O–H groups in total. The molecule has 196 valence electrons. The average molecular weight is 520 g/mol. The van der Waals surface area contributed by atoms with E-state index in [9.17, 15) is 30.0 Å². The summed E-state index contributed by atoms with van der Waals surface area (Å²) in [6.45, 7) is 3.72. The number of aromatic hydroxyl groups is 4. The Kier molecular flexibility index (Phi) is 6.02. The molecule has 0 amide bonds. The van der Waals surface area contributed by atoms with Crippen molar-refractivity contribution in [2.75, 3.05) is 7.11 Å². The lowest BCUT2D eigenvalue weighted by Crippen LogP contribution is -2.22. The number of carbonyl (C=O) groups is 1. The third kappa shape index (κ3) is 4.09. The zero-order chi connectivity index (χ0) is 27.3. The number of benzene rings is 3. The zero-order valence-electron chi connectivity index (χ0n) is 20.6. The van der Waals surface area contributed by atoms with Gasteiger partial charge in [0.2, 0.25) is 11.2 Å². The molecule has 10 heteroatoms. The minimum Gasteiger partial charge on any atom is -0.507 e. The molecule has 10 nitrogen and oxygen atoms in total. The third-order valence-corrected chi connectivity index (χ3v) is 6.26. The molecular weight excluding hydrogens is 496 g/mol. The topological polar surface area (TPSA) is 156 Å². The Morgan fingerprint density at radius 2 is 1.68 bits per heavy atom. The normalized spacial score (nSPS) is 14.8. The molecule has 2 heterocycles. The van der Waals surface area contributed by atoms with Gasteiger partial charge in [0.25, 0.3) is 0 Å². The quantitative estimate of drug-likeness (QED) is 0.168. The maximum absolute atomic E-state index is 13.2. The highest BCUT2D eigenvalue weighted by molar-refractivity contribution is 5.94. The van der Waals surface area contributed by atoms with E-state index in [4.69, 9.17) is 18.6 Å². The molecule has 0 aliphatic carbocycles. The summed E-state index contributed by atoms with van der Waals surface area (Å²) in [7, 11) is 1.51. The summed E-state index contributed by atoms with van der Waals surface area (Å²) in [6.07, 6.45) is -0.272. The van der Waals surface area contributed by atoms with Crippen molar-refractivity contribution in [1.82, 2.24) is 0 Å². The number of ether oxygens (including phenoxy) is 3. The second-order valence-corrected chi connectivity index (χ2v) is 9.13. The number of esters is 1. The summed E-state index contributed by atoms with van der Waals surface area (Å²) in [5.74, 6) is -2.87. The lowest BCUT2D eigenvalue weighted by Gasteiger charge is -2.27. The molecule has 1 aromatic heterocycles. The van der Waals surface area contributed by atoms with Gasteiger partial charge in [0.05, 0.1) is 19.6 Å². The largest absolute Gasteiger partial charge is 0.507 e. The van der Waals surface area contributed by atoms with Gasteiger partial charge in [-0.1, -0.05) is 6.07 Å². The molecule has 0 saturated carbocycles. The minimum absolute atomic E-state index is 0.00765. The summed E-state index contributed by atoms with van der Waals surface area (Å²) >= 11 is 0. The molecule has 3 aromatic carbocycles. The number of methoxy groups -OCH3 is 1. The van der Waals surface area contributed by atoms with Gasteiger partial charge in [0.15, 0.2) is 28.8 Å². The van der Waals surface area contributed by atoms with Gasteiger partial charge in [-0.3, -0.25) is 9.59 Å². The van der Waals surface area contributed by atoms with E-state index in [1.165, 1.54) is 19.2 Å². The van der Waals surface area contributed by atoms with Crippen molar-refractivity contribution in [3.05, 3.63) is 63.8 Å². The Bertz CT molecular complexity index is 1650. The molecule has 0 fully saturated rings. The number of hydrogen-bond donors (Lipinski definition) is 4. The Balaban J connectivity index is 1.80. The highest BCUT2D eigenvalue weighted by Gasteiger charge is 2.35. The third-order valence-electron chi connectivity index (χ3n) is 6.26. The van der Waals surface area contributed by atoms with Gasteiger partial charge in [-0.25, -0.2) is 0 Å². The molecule has 5 rings (SSSR count). The van der Waals surface area contributed by atoms with Crippen LogP contribution in [0, 0.1) is 0 Å². The van der Waals surface area contributed by atoms with E-state index in [-0.39, 0.29) is 40.6 Å². The highest BCUT2D eigenvalue weighted by atomic mass is 16.5. The van der Waals surface area contributed by atoms with Gasteiger partial charge in [0.1, 0.15) is 22.5 Å². The molecule has 0 bridgehead atoms. The number of hydrogen-bond acceptors (Lipinski definition) is 10. The lowest BCUT2D eigenvalue weighted by atomic mass is 9.85. The van der Waals surface area contributed by atoms with Crippen molar-refractivity contribution in [2.24, 2.45) is 0 Å². The van der Waals surface area contributed by atoms with Gasteiger partial charge in [-0.2, -0.15) is 0 Å². The zero-order valence-corrected chi connectivity index (χ0v) is 20.6. The lowest BCUT2D eigenvalue weighted by molar-refractivity contribution is -0.135. The molecule has 38 heavy (non-hydrogen) atoms. The van der Waals surface area contributed by atoms with Crippen LogP contribution in [-0.4, -0.2) is 39.6 Å². The first-order valence-corrected chi connectivity index (χ1v) is 11.7. The fourth-order valence-corrected chi connectivity index (χ4v) is 4.58. The first-order chi connectivity index (χ1) is 18.1. The molecule has 1 aliphatic heterocycles. The standard InChI is InChI=1S/C28H24O10/c1-12(2)36-20-9-13(5-7-19(20)35-3)15-10-22(32)37-21-11-18(31)24-25(33)26(34)27(38-28(24)23(15)21)14-4-6-16(29)17(30)8-14/h4-9,11-12,15,29-31,34H,10H2,1-3H3/t15-/m1/s1. The Morgan fingerprint density at radius 3 is 2.37 bits per heavy atom. The SMILES string of the molecule is COc1ccc([C@H]2CC(=O)Oc3cc(O)c4c(=O)c(O)c(-c5ccc(O)c(O)c5)oc4c32)cc1OC(C)C. The minimum atomic E-state index is -0.927. The van der Waals surface area contributed by atoms with Crippen LogP contribution in [0.15, 0.2) is 51.7 Å². The number of phenolic OH excluding ortho intramolecular Hbond substituents is 3. The maximum atomic E-state index is 13.2. The summed E-state index contributed by atoms with van der Waals surface area (Å²) in [4.78, 5) is 25.8. The van der Waals surface area contributed by atoms with Crippen LogP contribution in [0.2, 0.25) is 0 Å². The van der Waals surface area contributed by atoms with Crippen molar-refractivity contribution in [3.63, 3.8) is 0 Å². The fraction of sp³-hybridized carbons (Fsp3) is 0.214. The monoisotopic (exact) mass is 520 g/mol. The first-order valence-electron chi connectivity index (χ1n) is 11.7.